The van der Waals surface area contributed by atoms with E-state index < -0.39 is 0 Å². The van der Waals surface area contributed by atoms with Gasteiger partial charge >= 0.3 is 0 Å². The molecule has 0 bridgehead atoms. The molecule has 1 atom stereocenters. The highest BCUT2D eigenvalue weighted by Gasteiger charge is 2.18. The molecule has 1 aromatic carbocycles. The van der Waals surface area contributed by atoms with Crippen LogP contribution in [0, 0.1) is 6.92 Å². The Hall–Kier alpha value is -3.19. The van der Waals surface area contributed by atoms with E-state index in [1.165, 1.54) is 0 Å². The molecule has 7 nitrogen and oxygen atoms in total. The predicted molar refractivity (Wildman–Crippen MR) is 100 cm³/mol. The number of carbonyl (C=O) groups excluding carboxylic acids is 1. The minimum atomic E-state index is -0.215. The van der Waals surface area contributed by atoms with E-state index in [4.69, 9.17) is 9.47 Å². The molecule has 4 rings (SSSR count). The lowest BCUT2D eigenvalue weighted by Crippen LogP contribution is -2.16. The van der Waals surface area contributed by atoms with Crippen molar-refractivity contribution >= 4 is 11.6 Å². The van der Waals surface area contributed by atoms with Crippen LogP contribution in [0.25, 0.3) is 5.82 Å². The lowest BCUT2D eigenvalue weighted by Gasteiger charge is -2.12. The minimum absolute atomic E-state index is 0.102. The maximum atomic E-state index is 12.6. The summed E-state index contributed by atoms with van der Waals surface area (Å²) in [6.07, 6.45) is 4.25. The highest BCUT2D eigenvalue weighted by molar-refractivity contribution is 6.05. The van der Waals surface area contributed by atoms with E-state index in [9.17, 15) is 4.79 Å². The molecule has 1 saturated heterocycles. The van der Waals surface area contributed by atoms with Crippen molar-refractivity contribution in [2.24, 2.45) is 0 Å². The number of benzene rings is 1. The average molecular weight is 364 g/mol. The number of ether oxygens (including phenoxy) is 2. The Morgan fingerprint density at radius 1 is 1.26 bits per heavy atom. The van der Waals surface area contributed by atoms with Crippen LogP contribution in [0.5, 0.6) is 5.75 Å². The van der Waals surface area contributed by atoms with E-state index in [0.717, 1.165) is 24.5 Å². The summed E-state index contributed by atoms with van der Waals surface area (Å²) in [5.41, 5.74) is 1.93. The van der Waals surface area contributed by atoms with Crippen LogP contribution in [0.1, 0.15) is 22.5 Å². The normalized spacial score (nSPS) is 16.3. The highest BCUT2D eigenvalue weighted by atomic mass is 16.5. The van der Waals surface area contributed by atoms with Gasteiger partial charge in [-0.2, -0.15) is 5.10 Å². The van der Waals surface area contributed by atoms with E-state index in [2.05, 4.69) is 15.4 Å². The maximum absolute atomic E-state index is 12.6. The number of rotatable bonds is 5. The number of pyridine rings is 1. The van der Waals surface area contributed by atoms with Crippen molar-refractivity contribution in [2.75, 3.05) is 18.5 Å². The largest absolute Gasteiger partial charge is 0.488 e. The lowest BCUT2D eigenvalue weighted by molar-refractivity contribution is 0.102. The van der Waals surface area contributed by atoms with E-state index >= 15 is 0 Å². The second kappa shape index (κ2) is 7.59. The molecule has 138 valence electrons. The summed E-state index contributed by atoms with van der Waals surface area (Å²) in [7, 11) is 0. The topological polar surface area (TPSA) is 78.3 Å². The van der Waals surface area contributed by atoms with Crippen molar-refractivity contribution < 1.29 is 14.3 Å². The summed E-state index contributed by atoms with van der Waals surface area (Å²) in [6, 6.07) is 12.9. The first-order valence-electron chi connectivity index (χ1n) is 8.82. The zero-order chi connectivity index (χ0) is 18.6. The molecule has 27 heavy (non-hydrogen) atoms. The van der Waals surface area contributed by atoms with Gasteiger partial charge in [0.2, 0.25) is 0 Å². The zero-order valence-corrected chi connectivity index (χ0v) is 15.0. The van der Waals surface area contributed by atoms with Crippen molar-refractivity contribution in [3.8, 4) is 11.6 Å². The van der Waals surface area contributed by atoms with Crippen LogP contribution in [0.4, 0.5) is 5.69 Å². The first-order valence-corrected chi connectivity index (χ1v) is 8.82. The fourth-order valence-corrected chi connectivity index (χ4v) is 2.96. The highest BCUT2D eigenvalue weighted by Crippen LogP contribution is 2.21. The molecule has 1 amide bonds. The van der Waals surface area contributed by atoms with Gasteiger partial charge in [0.1, 0.15) is 11.9 Å². The number of amides is 1. The lowest BCUT2D eigenvalue weighted by atomic mass is 10.2. The first-order chi connectivity index (χ1) is 13.2. The quantitative estimate of drug-likeness (QED) is 0.753. The predicted octanol–water partition coefficient (Wildman–Crippen LogP) is 3.00. The molecule has 1 fully saturated rings. The van der Waals surface area contributed by atoms with Crippen molar-refractivity contribution in [1.82, 2.24) is 14.8 Å². The van der Waals surface area contributed by atoms with Crippen LogP contribution < -0.4 is 10.1 Å². The van der Waals surface area contributed by atoms with E-state index in [1.807, 2.05) is 49.4 Å². The Bertz CT molecular complexity index is 916. The van der Waals surface area contributed by atoms with Crippen LogP contribution in [-0.2, 0) is 4.74 Å². The van der Waals surface area contributed by atoms with Gasteiger partial charge in [0.05, 0.1) is 30.7 Å². The van der Waals surface area contributed by atoms with Crippen molar-refractivity contribution in [2.45, 2.75) is 19.4 Å². The number of carbonyl (C=O) groups is 1. The second-order valence-corrected chi connectivity index (χ2v) is 6.33. The van der Waals surface area contributed by atoms with E-state index in [0.29, 0.717) is 23.7 Å². The molecule has 0 unspecified atom stereocenters. The Kier molecular flexibility index (Phi) is 4.84. The van der Waals surface area contributed by atoms with Crippen LogP contribution in [0.3, 0.4) is 0 Å². The van der Waals surface area contributed by atoms with Gasteiger partial charge in [-0.3, -0.25) is 4.79 Å². The summed E-state index contributed by atoms with van der Waals surface area (Å²) < 4.78 is 12.8. The molecule has 0 spiro atoms. The minimum Gasteiger partial charge on any atom is -0.488 e. The van der Waals surface area contributed by atoms with Crippen molar-refractivity contribution in [3.05, 3.63) is 66.1 Å². The van der Waals surface area contributed by atoms with Crippen LogP contribution in [-0.4, -0.2) is 40.0 Å². The van der Waals surface area contributed by atoms with E-state index in [-0.39, 0.29) is 12.0 Å². The third kappa shape index (κ3) is 3.83. The van der Waals surface area contributed by atoms with Gasteiger partial charge in [0, 0.05) is 18.3 Å². The Morgan fingerprint density at radius 2 is 2.11 bits per heavy atom. The molecule has 1 aliphatic heterocycles. The second-order valence-electron chi connectivity index (χ2n) is 6.33. The summed E-state index contributed by atoms with van der Waals surface area (Å²) in [6.45, 7) is 3.21. The summed E-state index contributed by atoms with van der Waals surface area (Å²) >= 11 is 0. The van der Waals surface area contributed by atoms with E-state index in [1.54, 1.807) is 17.1 Å². The standard InChI is InChI=1S/C20H20N4O3/c1-14-18(12-22-24(14)19-4-2-3-10-21-19)20(25)23-15-5-7-16(8-6-15)27-17-9-11-26-13-17/h2-8,10,12,17H,9,11,13H2,1H3,(H,23,25)/t17-/m0/s1. The number of aromatic nitrogens is 3. The van der Waals surface area contributed by atoms with Gasteiger partial charge in [0.15, 0.2) is 5.82 Å². The number of hydrogen-bond acceptors (Lipinski definition) is 5. The zero-order valence-electron chi connectivity index (χ0n) is 15.0. The summed E-state index contributed by atoms with van der Waals surface area (Å²) in [5, 5.41) is 7.17. The fraction of sp³-hybridized carbons (Fsp3) is 0.250. The van der Waals surface area contributed by atoms with Crippen LogP contribution in [0.15, 0.2) is 54.9 Å². The third-order valence-corrected chi connectivity index (χ3v) is 4.42. The van der Waals surface area contributed by atoms with Gasteiger partial charge in [0.25, 0.3) is 5.91 Å². The smallest absolute Gasteiger partial charge is 0.259 e. The van der Waals surface area contributed by atoms with Gasteiger partial charge in [-0.05, 0) is 43.3 Å². The first kappa shape index (κ1) is 17.2. The third-order valence-electron chi connectivity index (χ3n) is 4.42. The molecule has 1 aliphatic rings. The Morgan fingerprint density at radius 3 is 2.81 bits per heavy atom. The van der Waals surface area contributed by atoms with Crippen LogP contribution in [0.2, 0.25) is 0 Å². The number of anilines is 1. The molecule has 3 aromatic rings. The van der Waals surface area contributed by atoms with Crippen molar-refractivity contribution in [3.63, 3.8) is 0 Å². The van der Waals surface area contributed by atoms with Gasteiger partial charge in [-0.1, -0.05) is 6.07 Å². The maximum Gasteiger partial charge on any atom is 0.259 e. The van der Waals surface area contributed by atoms with Crippen LogP contribution >= 0.6 is 0 Å². The molecule has 1 N–H and O–H groups in total. The molecule has 3 heterocycles. The monoisotopic (exact) mass is 364 g/mol. The number of hydrogen-bond donors (Lipinski definition) is 1. The van der Waals surface area contributed by atoms with Gasteiger partial charge in [-0.15, -0.1) is 0 Å². The molecule has 0 saturated carbocycles. The number of nitrogens with one attached hydrogen (secondary N) is 1. The SMILES string of the molecule is Cc1c(C(=O)Nc2ccc(O[C@H]3CCOC3)cc2)cnn1-c1ccccn1. The summed E-state index contributed by atoms with van der Waals surface area (Å²) in [5.74, 6) is 1.22. The molecule has 2 aromatic heterocycles. The molecular weight excluding hydrogens is 344 g/mol. The average Bonchev–Trinajstić information content (AvgIpc) is 3.33. The Labute approximate surface area is 156 Å². The molecule has 0 radical (unpaired) electrons. The molecule has 0 aliphatic carbocycles. The van der Waals surface area contributed by atoms with Gasteiger partial charge in [-0.25, -0.2) is 9.67 Å². The molecular formula is C20H20N4O3. The number of nitrogens with zero attached hydrogens (tertiary/aromatic N) is 3. The Balaban J connectivity index is 1.44. The summed E-state index contributed by atoms with van der Waals surface area (Å²) in [4.78, 5) is 16.9. The molecule has 7 heteroatoms. The van der Waals surface area contributed by atoms with Crippen molar-refractivity contribution in [1.29, 1.82) is 0 Å². The fourth-order valence-electron chi connectivity index (χ4n) is 2.96. The van der Waals surface area contributed by atoms with Gasteiger partial charge < -0.3 is 14.8 Å².